The smallest absolute Gasteiger partial charge is 0.339 e. The number of hydrogen-bond acceptors (Lipinski definition) is 4. The zero-order chi connectivity index (χ0) is 17.3. The highest BCUT2D eigenvalue weighted by molar-refractivity contribution is 6.36. The molecule has 0 aliphatic heterocycles. The number of aryl methyl sites for hydroxylation is 1. The molecule has 0 aliphatic rings. The van der Waals surface area contributed by atoms with Gasteiger partial charge < -0.3 is 9.15 Å². The Bertz CT molecular complexity index is 992. The highest BCUT2D eigenvalue weighted by atomic mass is 35.5. The third kappa shape index (κ3) is 3.45. The summed E-state index contributed by atoms with van der Waals surface area (Å²) in [6.45, 7) is 1.83. The van der Waals surface area contributed by atoms with E-state index in [1.807, 2.05) is 19.1 Å². The quantitative estimate of drug-likeness (QED) is 0.497. The maximum atomic E-state index is 12.2. The first-order chi connectivity index (χ1) is 11.4. The maximum Gasteiger partial charge on any atom is 0.339 e. The average Bonchev–Trinajstić information content (AvgIpc) is 2.51. The van der Waals surface area contributed by atoms with E-state index in [0.717, 1.165) is 10.9 Å². The number of halogens is 2. The molecule has 4 nitrogen and oxygen atoms in total. The molecule has 0 spiro atoms. The van der Waals surface area contributed by atoms with Crippen LogP contribution in [0.2, 0.25) is 10.0 Å². The van der Waals surface area contributed by atoms with Crippen molar-refractivity contribution in [2.75, 3.05) is 0 Å². The summed E-state index contributed by atoms with van der Waals surface area (Å²) in [6.07, 6.45) is 0. The van der Waals surface area contributed by atoms with Crippen LogP contribution < -0.4 is 5.63 Å². The first-order valence-corrected chi connectivity index (χ1v) is 7.85. The molecule has 0 radical (unpaired) electrons. The summed E-state index contributed by atoms with van der Waals surface area (Å²) >= 11 is 11.8. The van der Waals surface area contributed by atoms with Crippen LogP contribution in [0.4, 0.5) is 0 Å². The molecule has 0 unspecified atom stereocenters. The Morgan fingerprint density at radius 3 is 2.67 bits per heavy atom. The van der Waals surface area contributed by atoms with Gasteiger partial charge in [0, 0.05) is 22.0 Å². The van der Waals surface area contributed by atoms with Gasteiger partial charge in [-0.2, -0.15) is 0 Å². The molecule has 0 atom stereocenters. The van der Waals surface area contributed by atoms with Crippen LogP contribution in [-0.4, -0.2) is 5.97 Å². The fourth-order valence-electron chi connectivity index (χ4n) is 2.33. The highest BCUT2D eigenvalue weighted by Crippen LogP contribution is 2.23. The van der Waals surface area contributed by atoms with Gasteiger partial charge in [-0.05, 0) is 36.8 Å². The number of ether oxygens (including phenoxy) is 1. The predicted octanol–water partition coefficient (Wildman–Crippen LogP) is 4.77. The molecule has 6 heteroatoms. The first-order valence-electron chi connectivity index (χ1n) is 7.09. The third-order valence-corrected chi connectivity index (χ3v) is 4.04. The van der Waals surface area contributed by atoms with Gasteiger partial charge in [0.25, 0.3) is 0 Å². The van der Waals surface area contributed by atoms with Gasteiger partial charge in [0.15, 0.2) is 0 Å². The number of rotatable bonds is 3. The Hall–Kier alpha value is -2.30. The van der Waals surface area contributed by atoms with Crippen LogP contribution in [0.3, 0.4) is 0 Å². The van der Waals surface area contributed by atoms with Crippen LogP contribution in [0.25, 0.3) is 11.0 Å². The molecule has 0 saturated carbocycles. The summed E-state index contributed by atoms with van der Waals surface area (Å²) in [6, 6.07) is 11.3. The summed E-state index contributed by atoms with van der Waals surface area (Å²) in [5.41, 5.74) is 1.71. The minimum atomic E-state index is -0.592. The van der Waals surface area contributed by atoms with E-state index < -0.39 is 11.6 Å². The van der Waals surface area contributed by atoms with E-state index in [4.69, 9.17) is 32.4 Å². The van der Waals surface area contributed by atoms with Crippen LogP contribution in [0, 0.1) is 6.92 Å². The van der Waals surface area contributed by atoms with Gasteiger partial charge in [-0.15, -0.1) is 0 Å². The minimum Gasteiger partial charge on any atom is -0.457 e. The Morgan fingerprint density at radius 1 is 1.12 bits per heavy atom. The zero-order valence-electron chi connectivity index (χ0n) is 12.6. The predicted molar refractivity (Wildman–Crippen MR) is 92.8 cm³/mol. The van der Waals surface area contributed by atoms with E-state index in [1.54, 1.807) is 12.1 Å². The lowest BCUT2D eigenvalue weighted by atomic mass is 10.1. The Kier molecular flexibility index (Phi) is 4.60. The third-order valence-electron chi connectivity index (χ3n) is 3.50. The van der Waals surface area contributed by atoms with Gasteiger partial charge in [-0.3, -0.25) is 0 Å². The second-order valence-corrected chi connectivity index (χ2v) is 6.13. The summed E-state index contributed by atoms with van der Waals surface area (Å²) < 4.78 is 10.5. The van der Waals surface area contributed by atoms with Gasteiger partial charge in [0.1, 0.15) is 12.2 Å². The summed E-state index contributed by atoms with van der Waals surface area (Å²) in [4.78, 5) is 23.9. The normalized spacial score (nSPS) is 10.8. The van der Waals surface area contributed by atoms with Crippen molar-refractivity contribution in [2.45, 2.75) is 13.5 Å². The monoisotopic (exact) mass is 362 g/mol. The fourth-order valence-corrected chi connectivity index (χ4v) is 2.82. The van der Waals surface area contributed by atoms with Crippen molar-refractivity contribution >= 4 is 40.1 Å². The highest BCUT2D eigenvalue weighted by Gasteiger charge is 2.14. The lowest BCUT2D eigenvalue weighted by molar-refractivity contribution is 0.0474. The van der Waals surface area contributed by atoms with E-state index in [2.05, 4.69) is 0 Å². The van der Waals surface area contributed by atoms with Crippen LogP contribution in [0.5, 0.6) is 0 Å². The fraction of sp³-hybridized carbons (Fsp3) is 0.111. The Morgan fingerprint density at radius 2 is 1.92 bits per heavy atom. The number of carbonyl (C=O) groups is 1. The first kappa shape index (κ1) is 16.6. The molecule has 2 aromatic carbocycles. The van der Waals surface area contributed by atoms with Gasteiger partial charge in [0.05, 0.1) is 10.6 Å². The number of carbonyl (C=O) groups excluding carboxylic acids is 1. The van der Waals surface area contributed by atoms with Crippen molar-refractivity contribution in [1.29, 1.82) is 0 Å². The van der Waals surface area contributed by atoms with E-state index >= 15 is 0 Å². The number of benzene rings is 2. The topological polar surface area (TPSA) is 56.5 Å². The maximum absolute atomic E-state index is 12.2. The van der Waals surface area contributed by atoms with Crippen molar-refractivity contribution in [1.82, 2.24) is 0 Å². The molecule has 0 saturated heterocycles. The molecule has 3 rings (SSSR count). The molecule has 24 heavy (non-hydrogen) atoms. The van der Waals surface area contributed by atoms with E-state index in [-0.39, 0.29) is 17.2 Å². The largest absolute Gasteiger partial charge is 0.457 e. The lowest BCUT2D eigenvalue weighted by Gasteiger charge is -2.08. The van der Waals surface area contributed by atoms with Crippen molar-refractivity contribution < 1.29 is 13.9 Å². The van der Waals surface area contributed by atoms with Crippen LogP contribution in [-0.2, 0) is 11.3 Å². The molecule has 0 aliphatic carbocycles. The van der Waals surface area contributed by atoms with Crippen LogP contribution >= 0.6 is 23.2 Å². The van der Waals surface area contributed by atoms with Crippen molar-refractivity contribution in [3.63, 3.8) is 0 Å². The second kappa shape index (κ2) is 6.67. The Balaban J connectivity index is 1.88. The molecule has 0 N–H and O–H groups in total. The number of fused-ring (bicyclic) bond motifs is 1. The van der Waals surface area contributed by atoms with E-state index in [9.17, 15) is 9.59 Å². The lowest BCUT2D eigenvalue weighted by Crippen LogP contribution is -2.08. The molecule has 1 heterocycles. The second-order valence-electron chi connectivity index (χ2n) is 5.29. The number of hydrogen-bond donors (Lipinski definition) is 0. The van der Waals surface area contributed by atoms with Gasteiger partial charge >= 0.3 is 11.6 Å². The zero-order valence-corrected chi connectivity index (χ0v) is 14.1. The summed E-state index contributed by atoms with van der Waals surface area (Å²) in [5, 5.41) is 1.36. The van der Waals surface area contributed by atoms with Gasteiger partial charge in [0.2, 0.25) is 0 Å². The van der Waals surface area contributed by atoms with E-state index in [1.165, 1.54) is 18.2 Å². The van der Waals surface area contributed by atoms with Crippen LogP contribution in [0.1, 0.15) is 21.5 Å². The van der Waals surface area contributed by atoms with E-state index in [0.29, 0.717) is 16.2 Å². The summed E-state index contributed by atoms with van der Waals surface area (Å²) in [5.74, 6) is -0.592. The molecule has 0 fully saturated rings. The van der Waals surface area contributed by atoms with Crippen LogP contribution in [0.15, 0.2) is 51.7 Å². The molecule has 3 aromatic rings. The van der Waals surface area contributed by atoms with Crippen molar-refractivity contribution in [3.8, 4) is 0 Å². The Labute approximate surface area is 147 Å². The molecule has 0 bridgehead atoms. The van der Waals surface area contributed by atoms with Crippen molar-refractivity contribution in [3.05, 3.63) is 79.6 Å². The summed E-state index contributed by atoms with van der Waals surface area (Å²) in [7, 11) is 0. The van der Waals surface area contributed by atoms with Gasteiger partial charge in [-0.1, -0.05) is 35.3 Å². The minimum absolute atomic E-state index is 0.0665. The standard InChI is InChI=1S/C18H12Cl2O4/c1-10-2-4-13-11(7-17(21)24-16(13)6-10)9-23-18(22)14-5-3-12(19)8-15(14)20/h2-8H,9H2,1H3. The molecule has 122 valence electrons. The van der Waals surface area contributed by atoms with Crippen molar-refractivity contribution in [2.24, 2.45) is 0 Å². The average molecular weight is 363 g/mol. The van der Waals surface area contributed by atoms with Gasteiger partial charge in [-0.25, -0.2) is 9.59 Å². The number of esters is 1. The molecular weight excluding hydrogens is 351 g/mol. The molecular formula is C18H12Cl2O4. The molecule has 0 amide bonds. The SMILES string of the molecule is Cc1ccc2c(COC(=O)c3ccc(Cl)cc3Cl)cc(=O)oc2c1. The molecule has 1 aromatic heterocycles.